The van der Waals surface area contributed by atoms with Gasteiger partial charge in [-0.1, -0.05) is 25.1 Å². The normalized spacial score (nSPS) is 26.6. The Labute approximate surface area is 174 Å². The lowest BCUT2D eigenvalue weighted by Gasteiger charge is -2.34. The monoisotopic (exact) mass is 401 g/mol. The van der Waals surface area contributed by atoms with Gasteiger partial charge in [0.25, 0.3) is 0 Å². The van der Waals surface area contributed by atoms with Crippen LogP contribution in [0.1, 0.15) is 44.6 Å². The first-order valence-electron chi connectivity index (χ1n) is 10.7. The van der Waals surface area contributed by atoms with E-state index >= 15 is 0 Å². The molecule has 2 bridgehead atoms. The lowest BCUT2D eigenvalue weighted by molar-refractivity contribution is -0.131. The summed E-state index contributed by atoms with van der Waals surface area (Å²) in [4.78, 5) is 19.9. The lowest BCUT2D eigenvalue weighted by atomic mass is 9.95. The summed E-state index contributed by atoms with van der Waals surface area (Å²) in [6.07, 6.45) is 5.65. The largest absolute Gasteiger partial charge is 0.362 e. The van der Waals surface area contributed by atoms with E-state index in [9.17, 15) is 4.79 Å². The second-order valence-corrected chi connectivity index (χ2v) is 9.31. The maximum absolute atomic E-state index is 13.1. The fourth-order valence-electron chi connectivity index (χ4n) is 5.11. The van der Waals surface area contributed by atoms with Crippen molar-refractivity contribution in [1.29, 1.82) is 0 Å². The summed E-state index contributed by atoms with van der Waals surface area (Å²) in [5, 5.41) is 0.729. The molecule has 0 N–H and O–H groups in total. The van der Waals surface area contributed by atoms with E-state index in [0.29, 0.717) is 18.6 Å². The van der Waals surface area contributed by atoms with Gasteiger partial charge in [-0.05, 0) is 68.8 Å². The predicted molar refractivity (Wildman–Crippen MR) is 117 cm³/mol. The molecule has 2 fully saturated rings. The zero-order valence-corrected chi connectivity index (χ0v) is 17.9. The molecular weight excluding hydrogens is 370 g/mol. The highest BCUT2D eigenvalue weighted by atomic mass is 35.5. The van der Waals surface area contributed by atoms with Crippen LogP contribution in [0.5, 0.6) is 0 Å². The van der Waals surface area contributed by atoms with Crippen LogP contribution < -0.4 is 4.90 Å². The molecule has 152 valence electrons. The van der Waals surface area contributed by atoms with Gasteiger partial charge in [0.15, 0.2) is 0 Å². The molecule has 4 rings (SSSR count). The zero-order valence-electron chi connectivity index (χ0n) is 17.2. The molecule has 3 heterocycles. The molecule has 0 saturated carbocycles. The van der Waals surface area contributed by atoms with Gasteiger partial charge in [0.1, 0.15) is 0 Å². The minimum absolute atomic E-state index is 0.246. The first-order valence-corrected chi connectivity index (χ1v) is 11.0. The number of fused-ring (bicyclic) bond motifs is 3. The molecule has 2 saturated heterocycles. The Morgan fingerprint density at radius 1 is 1.14 bits per heavy atom. The van der Waals surface area contributed by atoms with Gasteiger partial charge in [-0.15, -0.1) is 0 Å². The minimum Gasteiger partial charge on any atom is -0.362 e. The second-order valence-electron chi connectivity index (χ2n) is 8.87. The first-order chi connectivity index (χ1) is 13.4. The number of amides is 1. The topological polar surface area (TPSA) is 26.8 Å². The third-order valence-corrected chi connectivity index (χ3v) is 7.32. The Bertz CT molecular complexity index is 756. The molecule has 28 heavy (non-hydrogen) atoms. The molecule has 0 radical (unpaired) electrons. The molecule has 4 nitrogen and oxygen atoms in total. The standard InChI is InChI=1S/C23H32ClN3O/c1-16-8-11-26(12-9-16)23(28)15-27-13-10-19-5-7-21(25(19)3)17(2)20-14-18(24)4-6-22(20)27/h4,6,14,16,19,21H,2,5,7-13,15H2,1,3H3. The van der Waals surface area contributed by atoms with Crippen molar-refractivity contribution in [2.24, 2.45) is 5.92 Å². The molecule has 1 amide bonds. The predicted octanol–water partition coefficient (Wildman–Crippen LogP) is 4.28. The molecule has 0 spiro atoms. The third kappa shape index (κ3) is 3.81. The number of nitrogens with zero attached hydrogens (tertiary/aromatic N) is 3. The van der Waals surface area contributed by atoms with Gasteiger partial charge in [-0.3, -0.25) is 9.69 Å². The van der Waals surface area contributed by atoms with Crippen molar-refractivity contribution in [1.82, 2.24) is 9.80 Å². The number of halogens is 1. The number of likely N-dealkylation sites (tertiary alicyclic amines) is 1. The van der Waals surface area contributed by atoms with Crippen molar-refractivity contribution in [3.8, 4) is 0 Å². The van der Waals surface area contributed by atoms with Crippen LogP contribution in [0.3, 0.4) is 0 Å². The molecule has 1 aromatic rings. The smallest absolute Gasteiger partial charge is 0.242 e. The van der Waals surface area contributed by atoms with E-state index in [2.05, 4.69) is 41.3 Å². The van der Waals surface area contributed by atoms with Crippen LogP contribution in [-0.4, -0.2) is 61.0 Å². The number of piperidine rings is 1. The Morgan fingerprint density at radius 3 is 2.64 bits per heavy atom. The first kappa shape index (κ1) is 19.8. The quantitative estimate of drug-likeness (QED) is 0.739. The van der Waals surface area contributed by atoms with E-state index in [4.69, 9.17) is 11.6 Å². The number of hydrogen-bond donors (Lipinski definition) is 0. The minimum atomic E-state index is 0.246. The van der Waals surface area contributed by atoms with Gasteiger partial charge in [-0.2, -0.15) is 0 Å². The molecular formula is C23H32ClN3O. The number of carbonyl (C=O) groups is 1. The van der Waals surface area contributed by atoms with Gasteiger partial charge in [0.05, 0.1) is 6.54 Å². The molecule has 3 aliphatic heterocycles. The van der Waals surface area contributed by atoms with Crippen molar-refractivity contribution >= 4 is 28.8 Å². The van der Waals surface area contributed by atoms with Crippen LogP contribution in [-0.2, 0) is 4.79 Å². The molecule has 2 unspecified atom stereocenters. The van der Waals surface area contributed by atoms with Crippen LogP contribution in [0.15, 0.2) is 24.8 Å². The Hall–Kier alpha value is -1.52. The van der Waals surface area contributed by atoms with E-state index < -0.39 is 0 Å². The molecule has 3 aliphatic rings. The van der Waals surface area contributed by atoms with Crippen LogP contribution in [0.4, 0.5) is 5.69 Å². The molecule has 2 atom stereocenters. The van der Waals surface area contributed by atoms with E-state index in [-0.39, 0.29) is 5.91 Å². The van der Waals surface area contributed by atoms with Crippen molar-refractivity contribution in [3.63, 3.8) is 0 Å². The molecule has 1 aromatic carbocycles. The van der Waals surface area contributed by atoms with E-state index in [0.717, 1.165) is 73.1 Å². The summed E-state index contributed by atoms with van der Waals surface area (Å²) < 4.78 is 0. The second kappa shape index (κ2) is 8.08. The van der Waals surface area contributed by atoms with Gasteiger partial charge >= 0.3 is 0 Å². The van der Waals surface area contributed by atoms with Crippen molar-refractivity contribution in [2.45, 2.75) is 51.1 Å². The van der Waals surface area contributed by atoms with Gasteiger partial charge in [-0.25, -0.2) is 0 Å². The number of rotatable bonds is 2. The van der Waals surface area contributed by atoms with Crippen LogP contribution in [0.2, 0.25) is 5.02 Å². The summed E-state index contributed by atoms with van der Waals surface area (Å²) >= 11 is 6.35. The summed E-state index contributed by atoms with van der Waals surface area (Å²) in [5.41, 5.74) is 3.34. The van der Waals surface area contributed by atoms with Crippen LogP contribution in [0, 0.1) is 5.92 Å². The highest BCUT2D eigenvalue weighted by Crippen LogP contribution is 2.39. The molecule has 0 aromatic heterocycles. The average Bonchev–Trinajstić information content (AvgIpc) is 3.06. The Balaban J connectivity index is 1.61. The van der Waals surface area contributed by atoms with E-state index in [1.54, 1.807) is 0 Å². The summed E-state index contributed by atoms with van der Waals surface area (Å²) in [5.74, 6) is 0.975. The fraction of sp³-hybridized carbons (Fsp3) is 0.609. The number of hydrogen-bond acceptors (Lipinski definition) is 3. The van der Waals surface area contributed by atoms with Gasteiger partial charge in [0, 0.05) is 48.0 Å². The highest BCUT2D eigenvalue weighted by Gasteiger charge is 2.35. The SMILES string of the molecule is C=C1c2cc(Cl)ccc2N(CC(=O)N2CCC(C)CC2)CCC2CCC1N2C. The van der Waals surface area contributed by atoms with Gasteiger partial charge < -0.3 is 9.80 Å². The van der Waals surface area contributed by atoms with Crippen molar-refractivity contribution in [3.05, 3.63) is 35.4 Å². The highest BCUT2D eigenvalue weighted by molar-refractivity contribution is 6.30. The third-order valence-electron chi connectivity index (χ3n) is 7.08. The summed E-state index contributed by atoms with van der Waals surface area (Å²) in [6.45, 7) is 9.85. The maximum atomic E-state index is 13.1. The number of benzene rings is 1. The zero-order chi connectivity index (χ0) is 19.8. The number of likely N-dealkylation sites (N-methyl/N-ethyl adjacent to an activating group) is 1. The van der Waals surface area contributed by atoms with Crippen LogP contribution >= 0.6 is 11.6 Å². The van der Waals surface area contributed by atoms with Crippen molar-refractivity contribution in [2.75, 3.05) is 38.1 Å². The fourth-order valence-corrected chi connectivity index (χ4v) is 5.28. The van der Waals surface area contributed by atoms with Crippen molar-refractivity contribution < 1.29 is 4.79 Å². The van der Waals surface area contributed by atoms with Crippen LogP contribution in [0.25, 0.3) is 5.57 Å². The average molecular weight is 402 g/mol. The summed E-state index contributed by atoms with van der Waals surface area (Å²) in [7, 11) is 2.22. The van der Waals surface area contributed by atoms with E-state index in [1.807, 2.05) is 12.1 Å². The molecule has 0 aliphatic carbocycles. The lowest BCUT2D eigenvalue weighted by Crippen LogP contribution is -2.45. The summed E-state index contributed by atoms with van der Waals surface area (Å²) in [6, 6.07) is 6.97. The molecule has 5 heteroatoms. The Morgan fingerprint density at radius 2 is 1.89 bits per heavy atom. The number of carbonyl (C=O) groups excluding carboxylic acids is 1. The Kier molecular flexibility index (Phi) is 5.71. The maximum Gasteiger partial charge on any atom is 0.242 e. The number of anilines is 1. The van der Waals surface area contributed by atoms with E-state index in [1.165, 1.54) is 6.42 Å². The van der Waals surface area contributed by atoms with Gasteiger partial charge in [0.2, 0.25) is 5.91 Å².